The summed E-state index contributed by atoms with van der Waals surface area (Å²) in [6.45, 7) is 3.00. The number of rotatable bonds is 6. The van der Waals surface area contributed by atoms with Gasteiger partial charge in [0.15, 0.2) is 0 Å². The van der Waals surface area contributed by atoms with Crippen molar-refractivity contribution in [1.82, 2.24) is 15.6 Å². The molecule has 0 bridgehead atoms. The maximum atomic E-state index is 4.38. The third kappa shape index (κ3) is 2.86. The quantitative estimate of drug-likeness (QED) is 0.760. The molecule has 3 heteroatoms. The second-order valence-corrected chi connectivity index (χ2v) is 4.89. The molecule has 1 aliphatic carbocycles. The average Bonchev–Trinajstić information content (AvgIpc) is 3.23. The number of fused-ring (bicyclic) bond motifs is 1. The number of benzene rings is 1. The second-order valence-electron chi connectivity index (χ2n) is 4.89. The van der Waals surface area contributed by atoms with Crippen LogP contribution in [0.5, 0.6) is 0 Å². The SMILES string of the molecule is c1ccc2c(CNCCNC3CC3)ccnc2c1. The predicted molar refractivity (Wildman–Crippen MR) is 74.5 cm³/mol. The zero-order valence-corrected chi connectivity index (χ0v) is 10.5. The van der Waals surface area contributed by atoms with Crippen molar-refractivity contribution >= 4 is 10.9 Å². The summed E-state index contributed by atoms with van der Waals surface area (Å²) in [5, 5.41) is 8.24. The van der Waals surface area contributed by atoms with Crippen LogP contribution in [-0.2, 0) is 6.54 Å². The Bertz CT molecular complexity index is 515. The van der Waals surface area contributed by atoms with Gasteiger partial charge in [0.2, 0.25) is 0 Å². The van der Waals surface area contributed by atoms with Gasteiger partial charge in [0.05, 0.1) is 5.52 Å². The fourth-order valence-corrected chi connectivity index (χ4v) is 2.18. The molecule has 1 aliphatic rings. The average molecular weight is 241 g/mol. The zero-order chi connectivity index (χ0) is 12.2. The van der Waals surface area contributed by atoms with Gasteiger partial charge in [-0.1, -0.05) is 18.2 Å². The van der Waals surface area contributed by atoms with Gasteiger partial charge in [0, 0.05) is 37.3 Å². The van der Waals surface area contributed by atoms with Crippen LogP contribution in [0, 0.1) is 0 Å². The molecule has 1 aromatic heterocycles. The van der Waals surface area contributed by atoms with Crippen LogP contribution in [-0.4, -0.2) is 24.1 Å². The van der Waals surface area contributed by atoms with E-state index in [4.69, 9.17) is 0 Å². The summed E-state index contributed by atoms with van der Waals surface area (Å²) in [5.74, 6) is 0. The third-order valence-electron chi connectivity index (χ3n) is 3.37. The molecule has 0 radical (unpaired) electrons. The number of nitrogens with zero attached hydrogens (tertiary/aromatic N) is 1. The molecule has 3 nitrogen and oxygen atoms in total. The molecule has 1 fully saturated rings. The van der Waals surface area contributed by atoms with E-state index in [-0.39, 0.29) is 0 Å². The number of aromatic nitrogens is 1. The second kappa shape index (κ2) is 5.46. The van der Waals surface area contributed by atoms with E-state index in [1.807, 2.05) is 12.3 Å². The minimum Gasteiger partial charge on any atom is -0.313 e. The summed E-state index contributed by atoms with van der Waals surface area (Å²) in [4.78, 5) is 4.38. The standard InChI is InChI=1S/C15H19N3/c1-2-4-15-14(3-1)12(7-8-18-15)11-16-9-10-17-13-5-6-13/h1-4,7-8,13,16-17H,5-6,9-11H2. The zero-order valence-electron chi connectivity index (χ0n) is 10.5. The maximum absolute atomic E-state index is 4.38. The largest absolute Gasteiger partial charge is 0.313 e. The summed E-state index contributed by atoms with van der Waals surface area (Å²) in [6.07, 6.45) is 4.60. The van der Waals surface area contributed by atoms with Crippen LogP contribution in [0.1, 0.15) is 18.4 Å². The molecule has 0 spiro atoms. The Labute approximate surface area is 108 Å². The minimum absolute atomic E-state index is 0.800. The lowest BCUT2D eigenvalue weighted by Crippen LogP contribution is -2.28. The molecule has 1 heterocycles. The highest BCUT2D eigenvalue weighted by Crippen LogP contribution is 2.18. The molecular weight excluding hydrogens is 222 g/mol. The Hall–Kier alpha value is -1.45. The van der Waals surface area contributed by atoms with Crippen molar-refractivity contribution in [3.8, 4) is 0 Å². The van der Waals surface area contributed by atoms with Gasteiger partial charge in [-0.25, -0.2) is 0 Å². The molecule has 0 saturated heterocycles. The third-order valence-corrected chi connectivity index (χ3v) is 3.37. The summed E-state index contributed by atoms with van der Waals surface area (Å²) in [6, 6.07) is 11.2. The molecular formula is C15H19N3. The number of hydrogen-bond acceptors (Lipinski definition) is 3. The van der Waals surface area contributed by atoms with Crippen LogP contribution in [0.2, 0.25) is 0 Å². The maximum Gasteiger partial charge on any atom is 0.0705 e. The van der Waals surface area contributed by atoms with Gasteiger partial charge in [-0.15, -0.1) is 0 Å². The lowest BCUT2D eigenvalue weighted by atomic mass is 10.1. The Kier molecular flexibility index (Phi) is 3.53. The molecule has 18 heavy (non-hydrogen) atoms. The predicted octanol–water partition coefficient (Wildman–Crippen LogP) is 2.08. The lowest BCUT2D eigenvalue weighted by Gasteiger charge is -2.08. The Morgan fingerprint density at radius 1 is 1.11 bits per heavy atom. The number of nitrogens with one attached hydrogen (secondary N) is 2. The lowest BCUT2D eigenvalue weighted by molar-refractivity contribution is 0.609. The van der Waals surface area contributed by atoms with Crippen molar-refractivity contribution in [2.45, 2.75) is 25.4 Å². The highest BCUT2D eigenvalue weighted by molar-refractivity contribution is 5.81. The van der Waals surface area contributed by atoms with Crippen molar-refractivity contribution in [1.29, 1.82) is 0 Å². The first-order chi connectivity index (χ1) is 8.93. The van der Waals surface area contributed by atoms with E-state index in [1.54, 1.807) is 0 Å². The van der Waals surface area contributed by atoms with Gasteiger partial charge in [-0.05, 0) is 30.5 Å². The van der Waals surface area contributed by atoms with E-state index in [2.05, 4.69) is 39.9 Å². The Balaban J connectivity index is 1.56. The molecule has 0 unspecified atom stereocenters. The van der Waals surface area contributed by atoms with Crippen LogP contribution in [0.15, 0.2) is 36.5 Å². The first kappa shape index (κ1) is 11.6. The molecule has 1 saturated carbocycles. The fourth-order valence-electron chi connectivity index (χ4n) is 2.18. The summed E-state index contributed by atoms with van der Waals surface area (Å²) < 4.78 is 0. The van der Waals surface area contributed by atoms with E-state index in [0.717, 1.165) is 31.2 Å². The Morgan fingerprint density at radius 2 is 2.00 bits per heavy atom. The van der Waals surface area contributed by atoms with E-state index in [0.29, 0.717) is 0 Å². The van der Waals surface area contributed by atoms with Crippen molar-refractivity contribution < 1.29 is 0 Å². The molecule has 2 N–H and O–H groups in total. The van der Waals surface area contributed by atoms with Crippen LogP contribution in [0.4, 0.5) is 0 Å². The Morgan fingerprint density at radius 3 is 2.89 bits per heavy atom. The topological polar surface area (TPSA) is 37.0 Å². The van der Waals surface area contributed by atoms with E-state index in [1.165, 1.54) is 23.8 Å². The van der Waals surface area contributed by atoms with Gasteiger partial charge >= 0.3 is 0 Å². The first-order valence-electron chi connectivity index (χ1n) is 6.70. The van der Waals surface area contributed by atoms with Crippen molar-refractivity contribution in [3.63, 3.8) is 0 Å². The van der Waals surface area contributed by atoms with Gasteiger partial charge in [0.25, 0.3) is 0 Å². The smallest absolute Gasteiger partial charge is 0.0705 e. The van der Waals surface area contributed by atoms with E-state index < -0.39 is 0 Å². The fraction of sp³-hybridized carbons (Fsp3) is 0.400. The minimum atomic E-state index is 0.800. The summed E-state index contributed by atoms with van der Waals surface area (Å²) >= 11 is 0. The molecule has 1 aromatic carbocycles. The monoisotopic (exact) mass is 241 g/mol. The molecule has 2 aromatic rings. The van der Waals surface area contributed by atoms with Gasteiger partial charge in [-0.3, -0.25) is 4.98 Å². The highest BCUT2D eigenvalue weighted by Gasteiger charge is 2.19. The summed E-state index contributed by atoms with van der Waals surface area (Å²) in [5.41, 5.74) is 2.40. The van der Waals surface area contributed by atoms with Crippen molar-refractivity contribution in [3.05, 3.63) is 42.1 Å². The molecule has 0 amide bonds. The van der Waals surface area contributed by atoms with Crippen LogP contribution in [0.3, 0.4) is 0 Å². The van der Waals surface area contributed by atoms with Crippen LogP contribution >= 0.6 is 0 Å². The van der Waals surface area contributed by atoms with Crippen LogP contribution in [0.25, 0.3) is 10.9 Å². The van der Waals surface area contributed by atoms with Crippen molar-refractivity contribution in [2.75, 3.05) is 13.1 Å². The normalized spacial score (nSPS) is 15.1. The number of para-hydroxylation sites is 1. The highest BCUT2D eigenvalue weighted by atomic mass is 15.0. The van der Waals surface area contributed by atoms with Gasteiger partial charge < -0.3 is 10.6 Å². The van der Waals surface area contributed by atoms with E-state index in [9.17, 15) is 0 Å². The molecule has 3 rings (SSSR count). The number of pyridine rings is 1. The molecule has 0 aliphatic heterocycles. The van der Waals surface area contributed by atoms with Gasteiger partial charge in [0.1, 0.15) is 0 Å². The number of hydrogen-bond donors (Lipinski definition) is 2. The molecule has 94 valence electrons. The van der Waals surface area contributed by atoms with Crippen molar-refractivity contribution in [2.24, 2.45) is 0 Å². The van der Waals surface area contributed by atoms with Crippen LogP contribution < -0.4 is 10.6 Å². The summed E-state index contributed by atoms with van der Waals surface area (Å²) in [7, 11) is 0. The van der Waals surface area contributed by atoms with E-state index >= 15 is 0 Å². The first-order valence-corrected chi connectivity index (χ1v) is 6.70. The molecule has 0 atom stereocenters. The van der Waals surface area contributed by atoms with Gasteiger partial charge in [-0.2, -0.15) is 0 Å².